The summed E-state index contributed by atoms with van der Waals surface area (Å²) in [5.41, 5.74) is 2.49. The number of ether oxygens (including phenoxy) is 2. The van der Waals surface area contributed by atoms with E-state index in [1.54, 1.807) is 37.3 Å². The molecule has 0 aliphatic carbocycles. The molecule has 1 saturated heterocycles. The topological polar surface area (TPSA) is 67.9 Å². The van der Waals surface area contributed by atoms with Gasteiger partial charge in [-0.25, -0.2) is 0 Å². The average Bonchev–Trinajstić information content (AvgIpc) is 3.09. The summed E-state index contributed by atoms with van der Waals surface area (Å²) in [7, 11) is 3.12. The minimum absolute atomic E-state index is 0.106. The second-order valence-electron chi connectivity index (χ2n) is 6.44. The summed E-state index contributed by atoms with van der Waals surface area (Å²) in [6.45, 7) is 2.35. The third-order valence-corrected chi connectivity index (χ3v) is 4.83. The van der Waals surface area contributed by atoms with Crippen molar-refractivity contribution in [3.63, 3.8) is 0 Å². The van der Waals surface area contributed by atoms with Crippen LogP contribution in [0.5, 0.6) is 11.5 Å². The van der Waals surface area contributed by atoms with Crippen molar-refractivity contribution in [2.24, 2.45) is 5.92 Å². The van der Waals surface area contributed by atoms with Crippen LogP contribution in [0.1, 0.15) is 18.9 Å². The first-order chi connectivity index (χ1) is 13.1. The first kappa shape index (κ1) is 18.8. The summed E-state index contributed by atoms with van der Waals surface area (Å²) in [4.78, 5) is 26.9. The van der Waals surface area contributed by atoms with E-state index >= 15 is 0 Å². The lowest BCUT2D eigenvalue weighted by Crippen LogP contribution is -2.28. The van der Waals surface area contributed by atoms with Gasteiger partial charge in [0, 0.05) is 24.7 Å². The Kier molecular flexibility index (Phi) is 5.64. The fourth-order valence-electron chi connectivity index (χ4n) is 3.31. The number of amides is 2. The number of anilines is 2. The van der Waals surface area contributed by atoms with E-state index in [1.807, 2.05) is 31.2 Å². The van der Waals surface area contributed by atoms with E-state index in [0.717, 1.165) is 17.7 Å². The molecule has 1 N–H and O–H groups in total. The molecular weight excluding hydrogens is 344 g/mol. The highest BCUT2D eigenvalue weighted by Crippen LogP contribution is 2.36. The molecule has 1 aliphatic rings. The monoisotopic (exact) mass is 368 g/mol. The molecule has 1 heterocycles. The Balaban J connectivity index is 1.78. The second-order valence-corrected chi connectivity index (χ2v) is 6.44. The molecule has 0 bridgehead atoms. The number of rotatable bonds is 6. The fraction of sp³-hybridized carbons (Fsp3) is 0.333. The van der Waals surface area contributed by atoms with Gasteiger partial charge < -0.3 is 19.7 Å². The zero-order valence-corrected chi connectivity index (χ0v) is 15.8. The lowest BCUT2D eigenvalue weighted by molar-refractivity contribution is -0.122. The molecule has 2 aromatic rings. The zero-order valence-electron chi connectivity index (χ0n) is 15.8. The number of carbonyl (C=O) groups excluding carboxylic acids is 2. The van der Waals surface area contributed by atoms with E-state index in [-0.39, 0.29) is 18.2 Å². The van der Waals surface area contributed by atoms with E-state index in [1.165, 1.54) is 0 Å². The van der Waals surface area contributed by atoms with Crippen molar-refractivity contribution < 1.29 is 19.1 Å². The zero-order chi connectivity index (χ0) is 19.4. The van der Waals surface area contributed by atoms with Crippen LogP contribution in [0.15, 0.2) is 42.5 Å². The molecule has 0 aromatic heterocycles. The van der Waals surface area contributed by atoms with Crippen LogP contribution in [0.4, 0.5) is 11.4 Å². The Morgan fingerprint density at radius 3 is 2.67 bits per heavy atom. The second kappa shape index (κ2) is 8.12. The standard InChI is InChI=1S/C21H24N2O4/c1-4-14-7-5-6-8-17(14)22-21(25)15-11-20(24)23(13-15)18-12-16(26-2)9-10-19(18)27-3/h5-10,12,15H,4,11,13H2,1-3H3,(H,22,25). The van der Waals surface area contributed by atoms with E-state index in [2.05, 4.69) is 5.32 Å². The molecule has 0 radical (unpaired) electrons. The van der Waals surface area contributed by atoms with Crippen molar-refractivity contribution in [1.29, 1.82) is 0 Å². The average molecular weight is 368 g/mol. The summed E-state index contributed by atoms with van der Waals surface area (Å²) < 4.78 is 10.6. The van der Waals surface area contributed by atoms with Crippen LogP contribution >= 0.6 is 0 Å². The van der Waals surface area contributed by atoms with Crippen LogP contribution in [-0.4, -0.2) is 32.6 Å². The number of carbonyl (C=O) groups is 2. The van der Waals surface area contributed by atoms with Gasteiger partial charge in [-0.2, -0.15) is 0 Å². The highest BCUT2D eigenvalue weighted by atomic mass is 16.5. The van der Waals surface area contributed by atoms with Gasteiger partial charge in [-0.3, -0.25) is 9.59 Å². The van der Waals surface area contributed by atoms with Gasteiger partial charge in [0.2, 0.25) is 11.8 Å². The number of nitrogens with zero attached hydrogens (tertiary/aromatic N) is 1. The summed E-state index contributed by atoms with van der Waals surface area (Å²) in [5, 5.41) is 2.97. The molecule has 0 saturated carbocycles. The maximum atomic E-state index is 12.7. The molecule has 27 heavy (non-hydrogen) atoms. The van der Waals surface area contributed by atoms with Gasteiger partial charge in [-0.1, -0.05) is 25.1 Å². The van der Waals surface area contributed by atoms with Crippen molar-refractivity contribution >= 4 is 23.2 Å². The number of benzene rings is 2. The molecule has 1 atom stereocenters. The molecule has 6 heteroatoms. The number of hydrogen-bond donors (Lipinski definition) is 1. The lowest BCUT2D eigenvalue weighted by Gasteiger charge is -2.20. The summed E-state index contributed by atoms with van der Waals surface area (Å²) in [6.07, 6.45) is 0.994. The Hall–Kier alpha value is -3.02. The number of methoxy groups -OCH3 is 2. The van der Waals surface area contributed by atoms with Gasteiger partial charge in [0.25, 0.3) is 0 Å². The summed E-state index contributed by atoms with van der Waals surface area (Å²) in [5.74, 6) is 0.530. The molecule has 6 nitrogen and oxygen atoms in total. The van der Waals surface area contributed by atoms with Crippen molar-refractivity contribution in [2.75, 3.05) is 31.0 Å². The largest absolute Gasteiger partial charge is 0.497 e. The molecule has 2 amide bonds. The van der Waals surface area contributed by atoms with Crippen molar-refractivity contribution in [3.8, 4) is 11.5 Å². The SMILES string of the molecule is CCc1ccccc1NC(=O)C1CC(=O)N(c2cc(OC)ccc2OC)C1. The van der Waals surface area contributed by atoms with E-state index < -0.39 is 5.92 Å². The molecule has 1 aliphatic heterocycles. The molecule has 3 rings (SSSR count). The maximum Gasteiger partial charge on any atom is 0.229 e. The van der Waals surface area contributed by atoms with Crippen LogP contribution in [0.3, 0.4) is 0 Å². The van der Waals surface area contributed by atoms with Crippen LogP contribution in [0.25, 0.3) is 0 Å². The number of para-hydroxylation sites is 1. The first-order valence-electron chi connectivity index (χ1n) is 8.98. The first-order valence-corrected chi connectivity index (χ1v) is 8.98. The van der Waals surface area contributed by atoms with Gasteiger partial charge in [-0.15, -0.1) is 0 Å². The Morgan fingerprint density at radius 2 is 1.96 bits per heavy atom. The number of hydrogen-bond acceptors (Lipinski definition) is 4. The fourth-order valence-corrected chi connectivity index (χ4v) is 3.31. The summed E-state index contributed by atoms with van der Waals surface area (Å²) >= 11 is 0. The van der Waals surface area contributed by atoms with Crippen LogP contribution in [0, 0.1) is 5.92 Å². The van der Waals surface area contributed by atoms with Gasteiger partial charge in [0.15, 0.2) is 0 Å². The lowest BCUT2D eigenvalue weighted by atomic mass is 10.1. The predicted molar refractivity (Wildman–Crippen MR) is 104 cm³/mol. The van der Waals surface area contributed by atoms with Gasteiger partial charge in [0.1, 0.15) is 11.5 Å². The minimum Gasteiger partial charge on any atom is -0.497 e. The van der Waals surface area contributed by atoms with Crippen molar-refractivity contribution in [3.05, 3.63) is 48.0 Å². The third kappa shape index (κ3) is 3.89. The molecular formula is C21H24N2O4. The number of nitrogens with one attached hydrogen (secondary N) is 1. The van der Waals surface area contributed by atoms with E-state index in [4.69, 9.17) is 9.47 Å². The van der Waals surface area contributed by atoms with Crippen LogP contribution < -0.4 is 19.7 Å². The maximum absolute atomic E-state index is 12.7. The number of aryl methyl sites for hydroxylation is 1. The Labute approximate surface area is 159 Å². The van der Waals surface area contributed by atoms with E-state index in [0.29, 0.717) is 23.7 Å². The van der Waals surface area contributed by atoms with Gasteiger partial charge in [-0.05, 0) is 30.2 Å². The van der Waals surface area contributed by atoms with Crippen LogP contribution in [-0.2, 0) is 16.0 Å². The quantitative estimate of drug-likeness (QED) is 0.850. The van der Waals surface area contributed by atoms with Gasteiger partial charge >= 0.3 is 0 Å². The molecule has 1 unspecified atom stereocenters. The van der Waals surface area contributed by atoms with Crippen LogP contribution in [0.2, 0.25) is 0 Å². The molecule has 2 aromatic carbocycles. The normalized spacial score (nSPS) is 16.3. The third-order valence-electron chi connectivity index (χ3n) is 4.83. The smallest absolute Gasteiger partial charge is 0.229 e. The van der Waals surface area contributed by atoms with E-state index in [9.17, 15) is 9.59 Å². The Morgan fingerprint density at radius 1 is 1.19 bits per heavy atom. The highest BCUT2D eigenvalue weighted by Gasteiger charge is 2.36. The van der Waals surface area contributed by atoms with Crippen molar-refractivity contribution in [2.45, 2.75) is 19.8 Å². The predicted octanol–water partition coefficient (Wildman–Crippen LogP) is 3.26. The molecule has 142 valence electrons. The molecule has 1 fully saturated rings. The minimum atomic E-state index is -0.418. The highest BCUT2D eigenvalue weighted by molar-refractivity contribution is 6.04. The van der Waals surface area contributed by atoms with Gasteiger partial charge in [0.05, 0.1) is 25.8 Å². The Bertz CT molecular complexity index is 850. The summed E-state index contributed by atoms with van der Waals surface area (Å²) in [6, 6.07) is 13.0. The molecule has 0 spiro atoms. The van der Waals surface area contributed by atoms with Crippen molar-refractivity contribution in [1.82, 2.24) is 0 Å².